The number of anilines is 8. The quantitative estimate of drug-likeness (QED) is 0.0876. The summed E-state index contributed by atoms with van der Waals surface area (Å²) < 4.78 is 10.6. The lowest BCUT2D eigenvalue weighted by Gasteiger charge is -2.11. The summed E-state index contributed by atoms with van der Waals surface area (Å²) in [5.74, 6) is 0. The fourth-order valence-electron chi connectivity index (χ4n) is 20.0. The Labute approximate surface area is 826 Å². The van der Waals surface area contributed by atoms with Crippen LogP contribution in [-0.2, 0) is 0 Å². The van der Waals surface area contributed by atoms with Crippen LogP contribution in [0.3, 0.4) is 0 Å². The second kappa shape index (κ2) is 37.2. The monoisotopic (exact) mass is 1860 g/mol. The average molecular weight is 1860 g/mol. The Morgan fingerprint density at radius 2 is 0.350 bits per heavy atom. The molecule has 4 N–H and O–H groups in total. The smallest absolute Gasteiger partial charge is 0.0590 e. The standard InChI is InChI=1S/2C34H23NS.2C32H21NS/c1-2-8-23(9-3-1)26-11-6-12-27(22-26)24-16-19-28(20-17-24)35-32-15-7-14-30-31-21-18-25-10-4-5-13-29(25)33(31)36-34(30)32;1-2-7-23(8-3-1)24-13-15-25(16-14-24)26-17-20-28(21-18-26)35-32-12-6-11-30-31-22-19-27-9-4-5-10-29(27)33(31)36-34(30)32;1-3-13-25-21(8-1)10-6-15-26(25)23-11-5-12-24(20-23)33-30-17-7-16-28-29-19-18-22-9-2-4-14-27(22)31(29)34-32(28)30;1-2-7-21(8-3-1)23-13-14-25-20-26(17-15-24(25)19-23)33-30-12-6-11-28-29-18-16-22-9-4-5-10-27(22)31(29)34-32(28)30/h2*1-22,35H;2*1-20,33H. The van der Waals surface area contributed by atoms with Crippen LogP contribution in [0.15, 0.2) is 510 Å². The van der Waals surface area contributed by atoms with E-state index in [1.807, 2.05) is 45.3 Å². The average Bonchev–Trinajstić information content (AvgIpc) is 1.60. The molecule has 0 amide bonds. The van der Waals surface area contributed by atoms with Crippen molar-refractivity contribution >= 4 is 236 Å². The first kappa shape index (κ1) is 84.6. The first-order valence-corrected chi connectivity index (χ1v) is 50.7. The van der Waals surface area contributed by atoms with Gasteiger partial charge in [-0.25, -0.2) is 0 Å². The van der Waals surface area contributed by atoms with Crippen molar-refractivity contribution in [1.29, 1.82) is 0 Å². The van der Waals surface area contributed by atoms with Crippen molar-refractivity contribution in [1.82, 2.24) is 0 Å². The summed E-state index contributed by atoms with van der Waals surface area (Å²) in [6.45, 7) is 0. The van der Waals surface area contributed by atoms with E-state index in [1.165, 1.54) is 212 Å². The maximum absolute atomic E-state index is 3.72. The molecule has 0 saturated heterocycles. The number of nitrogens with one attached hydrogen (secondary N) is 4. The highest BCUT2D eigenvalue weighted by molar-refractivity contribution is 7.28. The van der Waals surface area contributed by atoms with Gasteiger partial charge in [0.05, 0.1) is 41.5 Å². The molecule has 28 aromatic rings. The summed E-state index contributed by atoms with van der Waals surface area (Å²) in [5, 5.41) is 40.8. The van der Waals surface area contributed by atoms with E-state index in [0.29, 0.717) is 0 Å². The summed E-state index contributed by atoms with van der Waals surface area (Å²) in [6.07, 6.45) is 0. The Bertz CT molecular complexity index is 9550. The predicted octanol–water partition coefficient (Wildman–Crippen LogP) is 40.1. The van der Waals surface area contributed by atoms with Gasteiger partial charge in [-0.05, 0) is 216 Å². The van der Waals surface area contributed by atoms with Crippen molar-refractivity contribution in [2.24, 2.45) is 0 Å². The van der Waals surface area contributed by atoms with Gasteiger partial charge in [0.15, 0.2) is 0 Å². The van der Waals surface area contributed by atoms with Crippen LogP contribution in [0.1, 0.15) is 0 Å². The van der Waals surface area contributed by atoms with Gasteiger partial charge in [0.25, 0.3) is 0 Å². The highest BCUT2D eigenvalue weighted by atomic mass is 32.1. The molecular weight excluding hydrogens is 1770 g/mol. The molecule has 0 bridgehead atoms. The number of hydrogen-bond donors (Lipinski definition) is 4. The van der Waals surface area contributed by atoms with Crippen molar-refractivity contribution in [2.75, 3.05) is 21.3 Å². The molecule has 660 valence electrons. The van der Waals surface area contributed by atoms with Crippen molar-refractivity contribution < 1.29 is 0 Å². The molecule has 8 heteroatoms. The second-order valence-corrected chi connectivity index (χ2v) is 39.7. The zero-order valence-electron chi connectivity index (χ0n) is 76.1. The fourth-order valence-corrected chi connectivity index (χ4v) is 25.2. The third kappa shape index (κ3) is 16.6. The Hall–Kier alpha value is -17.1. The molecule has 0 unspecified atom stereocenters. The molecule has 0 aliphatic carbocycles. The highest BCUT2D eigenvalue weighted by Gasteiger charge is 2.20. The number of fused-ring (bicyclic) bond motifs is 22. The lowest BCUT2D eigenvalue weighted by molar-refractivity contribution is 1.56. The zero-order valence-corrected chi connectivity index (χ0v) is 79.4. The van der Waals surface area contributed by atoms with Gasteiger partial charge in [-0.1, -0.05) is 425 Å². The molecule has 4 nitrogen and oxygen atoms in total. The first-order chi connectivity index (χ1) is 69.3. The molecule has 0 saturated carbocycles. The van der Waals surface area contributed by atoms with E-state index >= 15 is 0 Å². The molecule has 4 aromatic heterocycles. The van der Waals surface area contributed by atoms with Crippen molar-refractivity contribution in [3.63, 3.8) is 0 Å². The van der Waals surface area contributed by atoms with Gasteiger partial charge in [-0.3, -0.25) is 0 Å². The summed E-state index contributed by atoms with van der Waals surface area (Å²) in [6, 6.07) is 183. The Morgan fingerprint density at radius 1 is 0.114 bits per heavy atom. The number of benzene rings is 24. The summed E-state index contributed by atoms with van der Waals surface area (Å²) >= 11 is 7.50. The summed E-state index contributed by atoms with van der Waals surface area (Å²) in [4.78, 5) is 0. The van der Waals surface area contributed by atoms with Crippen LogP contribution in [0.5, 0.6) is 0 Å². The lowest BCUT2D eigenvalue weighted by Crippen LogP contribution is -1.91. The van der Waals surface area contributed by atoms with Crippen LogP contribution < -0.4 is 21.3 Å². The van der Waals surface area contributed by atoms with Crippen molar-refractivity contribution in [3.8, 4) is 66.8 Å². The molecule has 140 heavy (non-hydrogen) atoms. The molecule has 0 fully saturated rings. The Balaban J connectivity index is 0.0000000986. The Kier molecular flexibility index (Phi) is 22.5. The number of thiophene rings is 4. The summed E-state index contributed by atoms with van der Waals surface area (Å²) in [5.41, 5.74) is 23.8. The van der Waals surface area contributed by atoms with E-state index in [1.54, 1.807) is 0 Å². The van der Waals surface area contributed by atoms with Crippen LogP contribution in [0.2, 0.25) is 0 Å². The summed E-state index contributed by atoms with van der Waals surface area (Å²) in [7, 11) is 0. The normalized spacial score (nSPS) is 11.4. The SMILES string of the molecule is c1cc(Nc2cccc3c2sc2c4ccccc4ccc32)cc(-c2cccc3ccccc23)c1.c1ccc(-c2ccc(-c3ccc(Nc4cccc5c4sc4c6ccccc6ccc54)cc3)cc2)cc1.c1ccc(-c2ccc3cc(Nc4cccc5c4sc4c6ccccc6ccc54)ccc3c2)cc1.c1ccc(-c2cccc(-c3ccc(Nc4cccc5c4sc4c6ccccc6ccc54)cc3)c2)cc1. The molecule has 0 radical (unpaired) electrons. The first-order valence-electron chi connectivity index (χ1n) is 47.4. The van der Waals surface area contributed by atoms with Crippen LogP contribution in [0.4, 0.5) is 45.5 Å². The molecule has 4 heterocycles. The van der Waals surface area contributed by atoms with Crippen LogP contribution in [-0.4, -0.2) is 0 Å². The third-order valence-electron chi connectivity index (χ3n) is 27.0. The van der Waals surface area contributed by atoms with Gasteiger partial charge < -0.3 is 21.3 Å². The molecular formula is C132H88N4S4. The van der Waals surface area contributed by atoms with Crippen molar-refractivity contribution in [3.05, 3.63) is 510 Å². The van der Waals surface area contributed by atoms with Gasteiger partial charge in [-0.15, -0.1) is 45.3 Å². The van der Waals surface area contributed by atoms with E-state index in [9.17, 15) is 0 Å². The fraction of sp³-hybridized carbons (Fsp3) is 0. The minimum Gasteiger partial charge on any atom is -0.354 e. The predicted molar refractivity (Wildman–Crippen MR) is 614 cm³/mol. The van der Waals surface area contributed by atoms with Gasteiger partial charge in [-0.2, -0.15) is 0 Å². The highest BCUT2D eigenvalue weighted by Crippen LogP contribution is 2.49. The number of rotatable bonds is 14. The molecule has 28 rings (SSSR count). The van der Waals surface area contributed by atoms with Gasteiger partial charge in [0.2, 0.25) is 0 Å². The van der Waals surface area contributed by atoms with E-state index in [2.05, 4.69) is 531 Å². The van der Waals surface area contributed by atoms with E-state index in [4.69, 9.17) is 0 Å². The van der Waals surface area contributed by atoms with E-state index in [-0.39, 0.29) is 0 Å². The molecule has 0 atom stereocenters. The maximum atomic E-state index is 3.72. The third-order valence-corrected chi connectivity index (χ3v) is 32.1. The molecule has 0 aliphatic rings. The maximum Gasteiger partial charge on any atom is 0.0590 e. The van der Waals surface area contributed by atoms with Crippen molar-refractivity contribution in [2.45, 2.75) is 0 Å². The molecule has 0 aliphatic heterocycles. The Morgan fingerprint density at radius 3 is 0.757 bits per heavy atom. The zero-order chi connectivity index (χ0) is 92.8. The van der Waals surface area contributed by atoms with Crippen LogP contribution in [0, 0.1) is 0 Å². The van der Waals surface area contributed by atoms with Gasteiger partial charge in [0.1, 0.15) is 0 Å². The van der Waals surface area contributed by atoms with Crippen LogP contribution in [0.25, 0.3) is 212 Å². The van der Waals surface area contributed by atoms with Crippen LogP contribution >= 0.6 is 45.3 Å². The number of hydrogen-bond acceptors (Lipinski definition) is 8. The second-order valence-electron chi connectivity index (χ2n) is 35.6. The van der Waals surface area contributed by atoms with E-state index in [0.717, 1.165) is 45.5 Å². The minimum absolute atomic E-state index is 1.09. The largest absolute Gasteiger partial charge is 0.354 e. The van der Waals surface area contributed by atoms with E-state index < -0.39 is 0 Å². The lowest BCUT2D eigenvalue weighted by atomic mass is 9.98. The molecule has 0 spiro atoms. The topological polar surface area (TPSA) is 48.1 Å². The molecule has 24 aromatic carbocycles. The van der Waals surface area contributed by atoms with Gasteiger partial charge in [0, 0.05) is 84.6 Å². The minimum atomic E-state index is 1.09. The van der Waals surface area contributed by atoms with Gasteiger partial charge >= 0.3 is 0 Å².